The Morgan fingerprint density at radius 2 is 1.65 bits per heavy atom. The number of nitrogens with zero attached hydrogens (tertiary/aromatic N) is 5. The summed E-state index contributed by atoms with van der Waals surface area (Å²) < 4.78 is 0. The number of anilines is 2. The van der Waals surface area contributed by atoms with Crippen LogP contribution in [-0.4, -0.2) is 52.1 Å². The molecule has 1 aliphatic rings. The molecular formula is C22H22N6O3. The quantitative estimate of drug-likeness (QED) is 0.485. The lowest BCUT2D eigenvalue weighted by atomic mass is 10.1. The molecule has 1 N–H and O–H groups in total. The topological polar surface area (TPSA) is 104 Å². The van der Waals surface area contributed by atoms with Gasteiger partial charge in [-0.3, -0.25) is 14.9 Å². The van der Waals surface area contributed by atoms with Crippen molar-refractivity contribution in [2.45, 2.75) is 6.54 Å². The predicted octanol–water partition coefficient (Wildman–Crippen LogP) is 2.96. The Labute approximate surface area is 179 Å². The molecule has 0 aliphatic carbocycles. The lowest BCUT2D eigenvalue weighted by Gasteiger charge is -2.35. The number of nitro benzene ring substituents is 1. The molecule has 3 aromatic rings. The molecule has 1 fully saturated rings. The summed E-state index contributed by atoms with van der Waals surface area (Å²) in [7, 11) is 0. The smallest absolute Gasteiger partial charge is 0.282 e. The number of carbonyl (C=O) groups is 1. The average molecular weight is 418 g/mol. The number of nitro groups is 1. The first kappa shape index (κ1) is 20.3. The van der Waals surface area contributed by atoms with Crippen LogP contribution in [0.5, 0.6) is 0 Å². The molecule has 0 unspecified atom stereocenters. The van der Waals surface area contributed by atoms with Gasteiger partial charge < -0.3 is 15.1 Å². The number of carbonyl (C=O) groups excluding carboxylic acids is 1. The molecule has 9 heteroatoms. The number of aromatic nitrogens is 2. The van der Waals surface area contributed by atoms with Crippen molar-refractivity contribution in [3.8, 4) is 0 Å². The van der Waals surface area contributed by atoms with E-state index >= 15 is 0 Å². The second-order valence-corrected chi connectivity index (χ2v) is 7.17. The lowest BCUT2D eigenvalue weighted by Crippen LogP contribution is -2.49. The number of amides is 1. The molecule has 9 nitrogen and oxygen atoms in total. The predicted molar refractivity (Wildman–Crippen MR) is 117 cm³/mol. The summed E-state index contributed by atoms with van der Waals surface area (Å²) in [6, 6.07) is 19.9. The number of nitrogens with one attached hydrogen (secondary N) is 1. The van der Waals surface area contributed by atoms with Gasteiger partial charge in [0.2, 0.25) is 0 Å². The molecule has 31 heavy (non-hydrogen) atoms. The number of piperazine rings is 1. The van der Waals surface area contributed by atoms with Crippen LogP contribution in [-0.2, 0) is 6.54 Å². The SMILES string of the molecule is O=C(c1ccccc1[N+](=O)[O-])N1CCN(c2ccc(NCc3ccccc3)nn2)CC1. The van der Waals surface area contributed by atoms with Gasteiger partial charge in [-0.05, 0) is 23.8 Å². The van der Waals surface area contributed by atoms with Gasteiger partial charge in [-0.1, -0.05) is 42.5 Å². The van der Waals surface area contributed by atoms with Gasteiger partial charge in [0.25, 0.3) is 11.6 Å². The van der Waals surface area contributed by atoms with Crippen molar-refractivity contribution in [1.29, 1.82) is 0 Å². The summed E-state index contributed by atoms with van der Waals surface area (Å²) in [5, 5.41) is 23.0. The van der Waals surface area contributed by atoms with Crippen molar-refractivity contribution >= 4 is 23.2 Å². The Kier molecular flexibility index (Phi) is 6.02. The van der Waals surface area contributed by atoms with E-state index in [0.717, 1.165) is 11.4 Å². The molecule has 1 aliphatic heterocycles. The van der Waals surface area contributed by atoms with Gasteiger partial charge in [0.1, 0.15) is 11.4 Å². The van der Waals surface area contributed by atoms with Gasteiger partial charge in [-0.15, -0.1) is 10.2 Å². The Morgan fingerprint density at radius 1 is 0.935 bits per heavy atom. The largest absolute Gasteiger partial charge is 0.365 e. The fourth-order valence-electron chi connectivity index (χ4n) is 3.50. The highest BCUT2D eigenvalue weighted by atomic mass is 16.6. The zero-order valence-electron chi connectivity index (χ0n) is 16.8. The molecule has 1 saturated heterocycles. The van der Waals surface area contributed by atoms with Gasteiger partial charge in [-0.2, -0.15) is 0 Å². The molecule has 0 radical (unpaired) electrons. The van der Waals surface area contributed by atoms with Crippen molar-refractivity contribution in [3.05, 3.63) is 88.0 Å². The van der Waals surface area contributed by atoms with E-state index in [1.165, 1.54) is 12.1 Å². The minimum atomic E-state index is -0.521. The minimum absolute atomic E-state index is 0.120. The van der Waals surface area contributed by atoms with E-state index in [1.807, 2.05) is 42.5 Å². The highest BCUT2D eigenvalue weighted by Gasteiger charge is 2.27. The second kappa shape index (κ2) is 9.21. The Morgan fingerprint density at radius 3 is 2.32 bits per heavy atom. The van der Waals surface area contributed by atoms with Crippen LogP contribution in [0.4, 0.5) is 17.3 Å². The molecular weight excluding hydrogens is 396 g/mol. The summed E-state index contributed by atoms with van der Waals surface area (Å²) in [5.41, 5.74) is 1.11. The number of hydrogen-bond donors (Lipinski definition) is 1. The third kappa shape index (κ3) is 4.77. The summed E-state index contributed by atoms with van der Waals surface area (Å²) in [6.45, 7) is 2.75. The third-order valence-electron chi connectivity index (χ3n) is 5.19. The van der Waals surface area contributed by atoms with Crippen LogP contribution in [0.25, 0.3) is 0 Å². The molecule has 2 aromatic carbocycles. The fraction of sp³-hybridized carbons (Fsp3) is 0.227. The van der Waals surface area contributed by atoms with Gasteiger partial charge in [-0.25, -0.2) is 0 Å². The zero-order chi connectivity index (χ0) is 21.6. The maximum Gasteiger partial charge on any atom is 0.282 e. The van der Waals surface area contributed by atoms with Crippen LogP contribution in [0.15, 0.2) is 66.7 Å². The molecule has 1 amide bonds. The van der Waals surface area contributed by atoms with Crippen LogP contribution < -0.4 is 10.2 Å². The molecule has 0 saturated carbocycles. The van der Waals surface area contributed by atoms with E-state index in [0.29, 0.717) is 38.5 Å². The normalized spacial score (nSPS) is 13.7. The van der Waals surface area contributed by atoms with E-state index in [1.54, 1.807) is 17.0 Å². The first-order chi connectivity index (χ1) is 15.1. The van der Waals surface area contributed by atoms with Crippen LogP contribution in [0, 0.1) is 10.1 Å². The van der Waals surface area contributed by atoms with Gasteiger partial charge >= 0.3 is 0 Å². The van der Waals surface area contributed by atoms with E-state index < -0.39 is 4.92 Å². The summed E-state index contributed by atoms with van der Waals surface area (Å²) >= 11 is 0. The third-order valence-corrected chi connectivity index (χ3v) is 5.19. The van der Waals surface area contributed by atoms with Crippen molar-refractivity contribution in [3.63, 3.8) is 0 Å². The Bertz CT molecular complexity index is 1050. The van der Waals surface area contributed by atoms with E-state index in [4.69, 9.17) is 0 Å². The van der Waals surface area contributed by atoms with Crippen LogP contribution in [0.2, 0.25) is 0 Å². The van der Waals surface area contributed by atoms with Crippen molar-refractivity contribution in [2.75, 3.05) is 36.4 Å². The van der Waals surface area contributed by atoms with Crippen LogP contribution >= 0.6 is 0 Å². The van der Waals surface area contributed by atoms with Crippen molar-refractivity contribution in [2.24, 2.45) is 0 Å². The van der Waals surface area contributed by atoms with Crippen LogP contribution in [0.1, 0.15) is 15.9 Å². The van der Waals surface area contributed by atoms with E-state index in [-0.39, 0.29) is 17.2 Å². The first-order valence-corrected chi connectivity index (χ1v) is 10.0. The monoisotopic (exact) mass is 418 g/mol. The zero-order valence-corrected chi connectivity index (χ0v) is 16.8. The van der Waals surface area contributed by atoms with Crippen molar-refractivity contribution < 1.29 is 9.72 Å². The van der Waals surface area contributed by atoms with Gasteiger partial charge in [0.05, 0.1) is 4.92 Å². The van der Waals surface area contributed by atoms with Gasteiger partial charge in [0, 0.05) is 38.8 Å². The van der Waals surface area contributed by atoms with E-state index in [2.05, 4.69) is 20.4 Å². The molecule has 0 atom stereocenters. The highest BCUT2D eigenvalue weighted by Crippen LogP contribution is 2.21. The number of rotatable bonds is 6. The number of para-hydroxylation sites is 1. The summed E-state index contributed by atoms with van der Waals surface area (Å²) in [6.07, 6.45) is 0. The standard InChI is InChI=1S/C22H22N6O3/c29-22(18-8-4-5-9-19(18)28(30)31)27-14-12-26(13-15-27)21-11-10-20(24-25-21)23-16-17-6-2-1-3-7-17/h1-11H,12-16H2,(H,23,24). The first-order valence-electron chi connectivity index (χ1n) is 10.0. The van der Waals surface area contributed by atoms with Crippen molar-refractivity contribution in [1.82, 2.24) is 15.1 Å². The highest BCUT2D eigenvalue weighted by molar-refractivity contribution is 5.98. The molecule has 0 bridgehead atoms. The maximum absolute atomic E-state index is 12.8. The number of hydrogen-bond acceptors (Lipinski definition) is 7. The lowest BCUT2D eigenvalue weighted by molar-refractivity contribution is -0.385. The van der Waals surface area contributed by atoms with E-state index in [9.17, 15) is 14.9 Å². The summed E-state index contributed by atoms with van der Waals surface area (Å²) in [5.74, 6) is 1.11. The van der Waals surface area contributed by atoms with Crippen LogP contribution in [0.3, 0.4) is 0 Å². The maximum atomic E-state index is 12.8. The second-order valence-electron chi connectivity index (χ2n) is 7.17. The summed E-state index contributed by atoms with van der Waals surface area (Å²) in [4.78, 5) is 27.1. The molecule has 2 heterocycles. The van der Waals surface area contributed by atoms with Gasteiger partial charge in [0.15, 0.2) is 5.82 Å². The number of benzene rings is 2. The Hall–Kier alpha value is -4.01. The molecule has 158 valence electrons. The minimum Gasteiger partial charge on any atom is -0.365 e. The molecule has 4 rings (SSSR count). The molecule has 0 spiro atoms. The fourth-order valence-corrected chi connectivity index (χ4v) is 3.50. The molecule has 1 aromatic heterocycles. The Balaban J connectivity index is 1.33. The average Bonchev–Trinajstić information content (AvgIpc) is 2.83.